The molecule has 0 unspecified atom stereocenters. The summed E-state index contributed by atoms with van der Waals surface area (Å²) in [5.41, 5.74) is 0.574. The third-order valence-electron chi connectivity index (χ3n) is 2.79. The molecule has 2 aromatic carbocycles. The second-order valence-electron chi connectivity index (χ2n) is 4.47. The van der Waals surface area contributed by atoms with E-state index in [0.717, 1.165) is 0 Å². The fourth-order valence-electron chi connectivity index (χ4n) is 1.72. The molecule has 0 heterocycles. The van der Waals surface area contributed by atoms with Crippen molar-refractivity contribution in [3.05, 3.63) is 53.1 Å². The van der Waals surface area contributed by atoms with E-state index in [1.54, 1.807) is 19.1 Å². The van der Waals surface area contributed by atoms with Gasteiger partial charge >= 0.3 is 0 Å². The number of benzene rings is 2. The van der Waals surface area contributed by atoms with Crippen molar-refractivity contribution in [1.82, 2.24) is 4.83 Å². The van der Waals surface area contributed by atoms with Crippen LogP contribution >= 0.6 is 11.6 Å². The molecule has 0 fully saturated rings. The minimum atomic E-state index is -3.76. The van der Waals surface area contributed by atoms with Crippen LogP contribution in [0.15, 0.2) is 52.5 Å². The van der Waals surface area contributed by atoms with Crippen molar-refractivity contribution >= 4 is 27.8 Å². The number of halogens is 1. The van der Waals surface area contributed by atoms with Gasteiger partial charge < -0.3 is 9.84 Å². The monoisotopic (exact) mass is 354 g/mol. The Morgan fingerprint density at radius 1 is 1.26 bits per heavy atom. The zero-order chi connectivity index (χ0) is 16.9. The van der Waals surface area contributed by atoms with Crippen LogP contribution in [0.25, 0.3) is 0 Å². The predicted octanol–water partition coefficient (Wildman–Crippen LogP) is 2.76. The summed E-state index contributed by atoms with van der Waals surface area (Å²) in [5.74, 6) is 0.308. The first-order valence-electron chi connectivity index (χ1n) is 6.68. The smallest absolute Gasteiger partial charge is 0.276 e. The van der Waals surface area contributed by atoms with Gasteiger partial charge in [-0.1, -0.05) is 11.6 Å². The number of hydrogen-bond donors (Lipinski definition) is 2. The van der Waals surface area contributed by atoms with E-state index in [9.17, 15) is 13.5 Å². The number of hydrogen-bond acceptors (Lipinski definition) is 5. The molecule has 0 aromatic heterocycles. The molecule has 0 aliphatic rings. The van der Waals surface area contributed by atoms with Gasteiger partial charge in [-0.3, -0.25) is 0 Å². The number of rotatable bonds is 6. The average Bonchev–Trinajstić information content (AvgIpc) is 2.51. The summed E-state index contributed by atoms with van der Waals surface area (Å²) in [6.07, 6.45) is 1.31. The van der Waals surface area contributed by atoms with Crippen LogP contribution in [-0.2, 0) is 10.0 Å². The summed E-state index contributed by atoms with van der Waals surface area (Å²) in [7, 11) is -3.76. The summed E-state index contributed by atoms with van der Waals surface area (Å²) in [5, 5.41) is 13.8. The number of nitrogens with zero attached hydrogens (tertiary/aromatic N) is 1. The molecular formula is C15H15ClN2O4S. The molecule has 2 N–H and O–H groups in total. The molecule has 0 spiro atoms. The van der Waals surface area contributed by atoms with Gasteiger partial charge in [-0.05, 0) is 55.0 Å². The summed E-state index contributed by atoms with van der Waals surface area (Å²) >= 11 is 5.72. The van der Waals surface area contributed by atoms with Crippen LogP contribution in [0, 0.1) is 0 Å². The molecule has 122 valence electrons. The zero-order valence-corrected chi connectivity index (χ0v) is 13.8. The first-order chi connectivity index (χ1) is 10.9. The maximum atomic E-state index is 12.0. The minimum Gasteiger partial charge on any atom is -0.504 e. The van der Waals surface area contributed by atoms with E-state index in [-0.39, 0.29) is 10.6 Å². The molecule has 0 aliphatic carbocycles. The largest absolute Gasteiger partial charge is 0.504 e. The van der Waals surface area contributed by atoms with E-state index >= 15 is 0 Å². The number of phenols is 1. The molecular weight excluding hydrogens is 340 g/mol. The summed E-state index contributed by atoms with van der Waals surface area (Å²) in [6, 6.07) is 10.3. The highest BCUT2D eigenvalue weighted by Crippen LogP contribution is 2.26. The average molecular weight is 355 g/mol. The van der Waals surface area contributed by atoms with Gasteiger partial charge in [0.05, 0.1) is 17.7 Å². The quantitative estimate of drug-likeness (QED) is 0.616. The van der Waals surface area contributed by atoms with Gasteiger partial charge in [-0.25, -0.2) is 4.83 Å². The maximum Gasteiger partial charge on any atom is 0.276 e. The summed E-state index contributed by atoms with van der Waals surface area (Å²) in [4.78, 5) is 2.16. The highest BCUT2D eigenvalue weighted by molar-refractivity contribution is 7.89. The SMILES string of the molecule is CCOc1cc(C=NNS(=O)(=O)c2ccc(Cl)cc2)ccc1O. The molecule has 23 heavy (non-hydrogen) atoms. The van der Waals surface area contributed by atoms with E-state index in [2.05, 4.69) is 9.93 Å². The minimum absolute atomic E-state index is 0.00532. The van der Waals surface area contributed by atoms with Crippen LogP contribution in [0.4, 0.5) is 0 Å². The van der Waals surface area contributed by atoms with E-state index in [1.807, 2.05) is 0 Å². The molecule has 2 aromatic rings. The number of aromatic hydroxyl groups is 1. The Balaban J connectivity index is 2.12. The topological polar surface area (TPSA) is 88.0 Å². The fraction of sp³-hybridized carbons (Fsp3) is 0.133. The van der Waals surface area contributed by atoms with Gasteiger partial charge in [0.1, 0.15) is 0 Å². The maximum absolute atomic E-state index is 12.0. The number of sulfonamides is 1. The van der Waals surface area contributed by atoms with Crippen LogP contribution in [-0.4, -0.2) is 26.3 Å². The molecule has 0 saturated heterocycles. The zero-order valence-electron chi connectivity index (χ0n) is 12.2. The molecule has 0 bridgehead atoms. The molecule has 0 aliphatic heterocycles. The molecule has 0 atom stereocenters. The van der Waals surface area contributed by atoms with E-state index < -0.39 is 10.0 Å². The second-order valence-corrected chi connectivity index (χ2v) is 6.56. The first-order valence-corrected chi connectivity index (χ1v) is 8.55. The predicted molar refractivity (Wildman–Crippen MR) is 88.6 cm³/mol. The van der Waals surface area contributed by atoms with Gasteiger partial charge in [0.25, 0.3) is 10.0 Å². The Kier molecular flexibility index (Phi) is 5.46. The van der Waals surface area contributed by atoms with Crippen molar-refractivity contribution in [3.8, 4) is 11.5 Å². The van der Waals surface area contributed by atoms with Gasteiger partial charge in [-0.2, -0.15) is 13.5 Å². The Morgan fingerprint density at radius 2 is 1.96 bits per heavy atom. The molecule has 6 nitrogen and oxygen atoms in total. The Bertz CT molecular complexity index is 805. The first kappa shape index (κ1) is 17.1. The highest BCUT2D eigenvalue weighted by atomic mass is 35.5. The van der Waals surface area contributed by atoms with Gasteiger partial charge in [-0.15, -0.1) is 0 Å². The molecule has 2 rings (SSSR count). The van der Waals surface area contributed by atoms with Gasteiger partial charge in [0.15, 0.2) is 11.5 Å². The van der Waals surface area contributed by atoms with Gasteiger partial charge in [0.2, 0.25) is 0 Å². The summed E-state index contributed by atoms with van der Waals surface area (Å²) < 4.78 is 29.3. The highest BCUT2D eigenvalue weighted by Gasteiger charge is 2.12. The Hall–Kier alpha value is -2.25. The normalized spacial score (nSPS) is 11.6. The van der Waals surface area contributed by atoms with Crippen molar-refractivity contribution in [3.63, 3.8) is 0 Å². The lowest BCUT2D eigenvalue weighted by Crippen LogP contribution is -2.18. The number of hydrazone groups is 1. The molecule has 0 saturated carbocycles. The molecule has 0 amide bonds. The van der Waals surface area contributed by atoms with Crippen LogP contribution < -0.4 is 9.57 Å². The third-order valence-corrected chi connectivity index (χ3v) is 4.28. The van der Waals surface area contributed by atoms with Crippen LogP contribution in [0.3, 0.4) is 0 Å². The van der Waals surface area contributed by atoms with Crippen molar-refractivity contribution in [1.29, 1.82) is 0 Å². The Morgan fingerprint density at radius 3 is 2.61 bits per heavy atom. The van der Waals surface area contributed by atoms with Crippen molar-refractivity contribution < 1.29 is 18.3 Å². The van der Waals surface area contributed by atoms with Crippen molar-refractivity contribution in [2.45, 2.75) is 11.8 Å². The number of nitrogens with one attached hydrogen (secondary N) is 1. The van der Waals surface area contributed by atoms with E-state index in [4.69, 9.17) is 16.3 Å². The van der Waals surface area contributed by atoms with E-state index in [0.29, 0.717) is 22.9 Å². The van der Waals surface area contributed by atoms with E-state index in [1.165, 1.54) is 36.5 Å². The third kappa shape index (κ3) is 4.61. The lowest BCUT2D eigenvalue weighted by molar-refractivity contribution is 0.318. The van der Waals surface area contributed by atoms with Crippen LogP contribution in [0.2, 0.25) is 5.02 Å². The molecule has 8 heteroatoms. The van der Waals surface area contributed by atoms with Crippen molar-refractivity contribution in [2.75, 3.05) is 6.61 Å². The fourth-order valence-corrected chi connectivity index (χ4v) is 2.64. The van der Waals surface area contributed by atoms with Crippen LogP contribution in [0.1, 0.15) is 12.5 Å². The standard InChI is InChI=1S/C15H15ClN2O4S/c1-2-22-15-9-11(3-8-14(15)19)10-17-18-23(20,21)13-6-4-12(16)5-7-13/h3-10,18-19H,2H2,1H3. The van der Waals surface area contributed by atoms with Gasteiger partial charge in [0, 0.05) is 5.02 Å². The number of ether oxygens (including phenoxy) is 1. The Labute approximate surface area is 139 Å². The molecule has 0 radical (unpaired) electrons. The van der Waals surface area contributed by atoms with Crippen molar-refractivity contribution in [2.24, 2.45) is 5.10 Å². The lowest BCUT2D eigenvalue weighted by Gasteiger charge is -2.06. The second kappa shape index (κ2) is 7.34. The number of phenolic OH excluding ortho intramolecular Hbond substituents is 1. The lowest BCUT2D eigenvalue weighted by atomic mass is 10.2. The summed E-state index contributed by atoms with van der Waals surface area (Å²) in [6.45, 7) is 2.19. The van der Waals surface area contributed by atoms with Crippen LogP contribution in [0.5, 0.6) is 11.5 Å².